The monoisotopic (exact) mass is 441 g/mol. The Hall–Kier alpha value is -3.04. The van der Waals surface area contributed by atoms with Crippen LogP contribution in [0.2, 0.25) is 0 Å². The number of carbonyl (C=O) groups excluding carboxylic acids is 1. The Labute approximate surface area is 180 Å². The van der Waals surface area contributed by atoms with Gasteiger partial charge in [0, 0.05) is 5.56 Å². The Kier molecular flexibility index (Phi) is 5.91. The molecule has 0 fully saturated rings. The van der Waals surface area contributed by atoms with Gasteiger partial charge in [-0.05, 0) is 55.5 Å². The third-order valence-corrected chi connectivity index (χ3v) is 6.34. The molecule has 0 saturated heterocycles. The van der Waals surface area contributed by atoms with E-state index >= 15 is 0 Å². The number of aromatic nitrogens is 3. The summed E-state index contributed by atoms with van der Waals surface area (Å²) < 4.78 is 23.2. The molecule has 3 heterocycles. The van der Waals surface area contributed by atoms with Gasteiger partial charge >= 0.3 is 5.97 Å². The fourth-order valence-electron chi connectivity index (χ4n) is 2.68. The SMILES string of the molecule is COC(=O)c1ccc(CSc2ccc(-c3sc(-c4ccc(F)cc4)nc3C)nn2)o1. The fourth-order valence-corrected chi connectivity index (χ4v) is 4.42. The minimum Gasteiger partial charge on any atom is -0.463 e. The summed E-state index contributed by atoms with van der Waals surface area (Å²) in [5, 5.41) is 10.1. The number of methoxy groups -OCH3 is 1. The molecule has 30 heavy (non-hydrogen) atoms. The number of rotatable bonds is 6. The molecule has 0 saturated carbocycles. The number of thioether (sulfide) groups is 1. The number of furan rings is 1. The Morgan fingerprint density at radius 1 is 1.13 bits per heavy atom. The standard InChI is InChI=1S/C21H16FN3O3S2/c1-12-19(30-20(23-12)13-3-5-14(22)6-4-13)16-8-10-18(25-24-16)29-11-15-7-9-17(28-15)21(26)27-2/h3-10H,11H2,1-2H3. The summed E-state index contributed by atoms with van der Waals surface area (Å²) in [5.41, 5.74) is 2.44. The number of nitrogens with zero attached hydrogens (tertiary/aromatic N) is 3. The summed E-state index contributed by atoms with van der Waals surface area (Å²) in [6.45, 7) is 1.92. The first kappa shape index (κ1) is 20.2. The van der Waals surface area contributed by atoms with Crippen LogP contribution in [0.15, 0.2) is 58.0 Å². The van der Waals surface area contributed by atoms with Crippen molar-refractivity contribution in [3.63, 3.8) is 0 Å². The molecule has 0 aliphatic heterocycles. The van der Waals surface area contributed by atoms with Crippen molar-refractivity contribution in [3.05, 3.63) is 71.6 Å². The smallest absolute Gasteiger partial charge is 0.373 e. The molecule has 0 aliphatic rings. The number of aryl methyl sites for hydroxylation is 1. The van der Waals surface area contributed by atoms with Gasteiger partial charge in [-0.2, -0.15) is 0 Å². The maximum absolute atomic E-state index is 13.2. The van der Waals surface area contributed by atoms with Crippen molar-refractivity contribution in [2.24, 2.45) is 0 Å². The molecule has 152 valence electrons. The number of carbonyl (C=O) groups is 1. The normalized spacial score (nSPS) is 10.9. The number of hydrogen-bond acceptors (Lipinski definition) is 8. The topological polar surface area (TPSA) is 78.1 Å². The van der Waals surface area contributed by atoms with Crippen LogP contribution in [0.1, 0.15) is 22.0 Å². The van der Waals surface area contributed by atoms with E-state index in [1.165, 1.54) is 42.3 Å². The van der Waals surface area contributed by atoms with Crippen LogP contribution >= 0.6 is 23.1 Å². The maximum atomic E-state index is 13.2. The first-order valence-corrected chi connectivity index (χ1v) is 10.7. The quantitative estimate of drug-likeness (QED) is 0.293. The van der Waals surface area contributed by atoms with Gasteiger partial charge in [-0.3, -0.25) is 0 Å². The van der Waals surface area contributed by atoms with Crippen molar-refractivity contribution in [3.8, 4) is 21.1 Å². The van der Waals surface area contributed by atoms with E-state index in [1.807, 2.05) is 19.1 Å². The molecule has 1 aromatic carbocycles. The first-order chi connectivity index (χ1) is 14.5. The molecule has 0 unspecified atom stereocenters. The molecule has 0 aliphatic carbocycles. The largest absolute Gasteiger partial charge is 0.463 e. The lowest BCUT2D eigenvalue weighted by atomic mass is 10.2. The summed E-state index contributed by atoms with van der Waals surface area (Å²) in [5.74, 6) is 0.553. The zero-order valence-corrected chi connectivity index (χ0v) is 17.7. The molecule has 0 amide bonds. The number of hydrogen-bond donors (Lipinski definition) is 0. The lowest BCUT2D eigenvalue weighted by molar-refractivity contribution is 0.0563. The van der Waals surface area contributed by atoms with Crippen molar-refractivity contribution >= 4 is 29.1 Å². The second kappa shape index (κ2) is 8.76. The highest BCUT2D eigenvalue weighted by Gasteiger charge is 2.14. The van der Waals surface area contributed by atoms with E-state index in [2.05, 4.69) is 19.9 Å². The van der Waals surface area contributed by atoms with Gasteiger partial charge in [-0.25, -0.2) is 14.2 Å². The van der Waals surface area contributed by atoms with Crippen molar-refractivity contribution in [2.75, 3.05) is 7.11 Å². The van der Waals surface area contributed by atoms with Crippen molar-refractivity contribution in [1.29, 1.82) is 0 Å². The van der Waals surface area contributed by atoms with Crippen LogP contribution in [0.4, 0.5) is 4.39 Å². The second-order valence-electron chi connectivity index (χ2n) is 6.24. The minimum absolute atomic E-state index is 0.173. The van der Waals surface area contributed by atoms with E-state index in [0.717, 1.165) is 31.9 Å². The highest BCUT2D eigenvalue weighted by molar-refractivity contribution is 7.98. The molecular formula is C21H16FN3O3S2. The molecule has 9 heteroatoms. The van der Waals surface area contributed by atoms with Gasteiger partial charge in [0.1, 0.15) is 27.3 Å². The van der Waals surface area contributed by atoms with Gasteiger partial charge in [0.2, 0.25) is 5.76 Å². The van der Waals surface area contributed by atoms with Gasteiger partial charge in [0.15, 0.2) is 0 Å². The molecule has 0 radical (unpaired) electrons. The van der Waals surface area contributed by atoms with E-state index in [4.69, 9.17) is 4.42 Å². The van der Waals surface area contributed by atoms with E-state index < -0.39 is 5.97 Å². The van der Waals surface area contributed by atoms with Crippen LogP contribution in [0.3, 0.4) is 0 Å². The van der Waals surface area contributed by atoms with Crippen LogP contribution < -0.4 is 0 Å². The molecule has 0 N–H and O–H groups in total. The van der Waals surface area contributed by atoms with E-state index in [-0.39, 0.29) is 11.6 Å². The molecular weight excluding hydrogens is 425 g/mol. The van der Waals surface area contributed by atoms with Crippen LogP contribution in [0.5, 0.6) is 0 Å². The van der Waals surface area contributed by atoms with Crippen LogP contribution in [-0.2, 0) is 10.5 Å². The molecule has 6 nitrogen and oxygen atoms in total. The third kappa shape index (κ3) is 4.42. The summed E-state index contributed by atoms with van der Waals surface area (Å²) in [6.07, 6.45) is 0. The van der Waals surface area contributed by atoms with Crippen LogP contribution in [0, 0.1) is 12.7 Å². The summed E-state index contributed by atoms with van der Waals surface area (Å²) in [4.78, 5) is 16.9. The summed E-state index contributed by atoms with van der Waals surface area (Å²) >= 11 is 2.94. The Morgan fingerprint density at radius 2 is 1.93 bits per heavy atom. The van der Waals surface area contributed by atoms with Crippen molar-refractivity contribution < 1.29 is 18.3 Å². The zero-order chi connectivity index (χ0) is 21.1. The molecule has 4 aromatic rings. The number of halogens is 1. The lowest BCUT2D eigenvalue weighted by Gasteiger charge is -2.00. The molecule has 3 aromatic heterocycles. The molecule has 0 atom stereocenters. The second-order valence-corrected chi connectivity index (χ2v) is 8.24. The predicted molar refractivity (Wildman–Crippen MR) is 113 cm³/mol. The van der Waals surface area contributed by atoms with Gasteiger partial charge in [-0.15, -0.1) is 21.5 Å². The predicted octanol–water partition coefficient (Wildman–Crippen LogP) is 5.39. The average Bonchev–Trinajstić information content (AvgIpc) is 3.39. The number of benzene rings is 1. The maximum Gasteiger partial charge on any atom is 0.373 e. The van der Waals surface area contributed by atoms with Gasteiger partial charge in [-0.1, -0.05) is 11.8 Å². The van der Waals surface area contributed by atoms with Crippen molar-refractivity contribution in [1.82, 2.24) is 15.2 Å². The van der Waals surface area contributed by atoms with Gasteiger partial charge in [0.05, 0.1) is 23.4 Å². The van der Waals surface area contributed by atoms with E-state index in [0.29, 0.717) is 11.5 Å². The number of esters is 1. The molecule has 0 spiro atoms. The molecule has 4 rings (SSSR count). The summed E-state index contributed by atoms with van der Waals surface area (Å²) in [6, 6.07) is 13.4. The average molecular weight is 442 g/mol. The first-order valence-electron chi connectivity index (χ1n) is 8.91. The third-order valence-electron chi connectivity index (χ3n) is 4.17. The van der Waals surface area contributed by atoms with E-state index in [9.17, 15) is 9.18 Å². The van der Waals surface area contributed by atoms with Crippen molar-refractivity contribution in [2.45, 2.75) is 17.7 Å². The minimum atomic E-state index is -0.504. The Morgan fingerprint density at radius 3 is 2.63 bits per heavy atom. The van der Waals surface area contributed by atoms with Gasteiger partial charge in [0.25, 0.3) is 0 Å². The zero-order valence-electron chi connectivity index (χ0n) is 16.1. The van der Waals surface area contributed by atoms with Crippen LogP contribution in [-0.4, -0.2) is 28.3 Å². The molecule has 0 bridgehead atoms. The van der Waals surface area contributed by atoms with Gasteiger partial charge < -0.3 is 9.15 Å². The number of thiazole rings is 1. The number of ether oxygens (including phenoxy) is 1. The Bertz CT molecular complexity index is 1170. The Balaban J connectivity index is 1.45. The van der Waals surface area contributed by atoms with Crippen LogP contribution in [0.25, 0.3) is 21.1 Å². The summed E-state index contributed by atoms with van der Waals surface area (Å²) in [7, 11) is 1.31. The highest BCUT2D eigenvalue weighted by atomic mass is 32.2. The lowest BCUT2D eigenvalue weighted by Crippen LogP contribution is -1.98. The van der Waals surface area contributed by atoms with E-state index in [1.54, 1.807) is 24.3 Å². The highest BCUT2D eigenvalue weighted by Crippen LogP contribution is 2.34. The fraction of sp³-hybridized carbons (Fsp3) is 0.143.